The van der Waals surface area contributed by atoms with Gasteiger partial charge in [0.2, 0.25) is 0 Å². The molecular formula is C15H11F2N3. The van der Waals surface area contributed by atoms with Crippen LogP contribution in [0.2, 0.25) is 0 Å². The molecule has 3 nitrogen and oxygen atoms in total. The molecule has 5 heteroatoms. The molecule has 0 fully saturated rings. The zero-order valence-corrected chi connectivity index (χ0v) is 10.4. The van der Waals surface area contributed by atoms with Crippen molar-refractivity contribution in [3.05, 3.63) is 60.4 Å². The number of nitrogens with two attached hydrogens (primary N) is 1. The quantitative estimate of drug-likeness (QED) is 0.696. The van der Waals surface area contributed by atoms with Crippen LogP contribution in [0.25, 0.3) is 10.8 Å². The Kier molecular flexibility index (Phi) is 2.95. The van der Waals surface area contributed by atoms with Gasteiger partial charge in [0.15, 0.2) is 0 Å². The van der Waals surface area contributed by atoms with Crippen molar-refractivity contribution in [3.8, 4) is 0 Å². The average molecular weight is 271 g/mol. The maximum absolute atomic E-state index is 13.2. The number of anilines is 3. The van der Waals surface area contributed by atoms with Gasteiger partial charge in [-0.15, -0.1) is 0 Å². The maximum atomic E-state index is 13.2. The SMILES string of the molecule is Nc1ccc(Nc2cc(F)cc(F)c2)c2cnccc12. The normalized spacial score (nSPS) is 10.7. The van der Waals surface area contributed by atoms with Crippen molar-refractivity contribution in [2.24, 2.45) is 0 Å². The van der Waals surface area contributed by atoms with Gasteiger partial charge < -0.3 is 11.1 Å². The van der Waals surface area contributed by atoms with Crippen LogP contribution in [0.15, 0.2) is 48.8 Å². The number of rotatable bonds is 2. The first-order valence-electron chi connectivity index (χ1n) is 5.99. The first-order chi connectivity index (χ1) is 9.63. The molecule has 0 unspecified atom stereocenters. The van der Waals surface area contributed by atoms with E-state index in [9.17, 15) is 8.78 Å². The molecule has 0 aliphatic heterocycles. The van der Waals surface area contributed by atoms with Crippen LogP contribution in [-0.2, 0) is 0 Å². The summed E-state index contributed by atoms with van der Waals surface area (Å²) in [6, 6.07) is 8.56. The molecule has 0 amide bonds. The number of nitrogens with one attached hydrogen (secondary N) is 1. The topological polar surface area (TPSA) is 50.9 Å². The fourth-order valence-electron chi connectivity index (χ4n) is 2.10. The zero-order chi connectivity index (χ0) is 14.1. The Hall–Kier alpha value is -2.69. The van der Waals surface area contributed by atoms with Gasteiger partial charge in [-0.05, 0) is 30.3 Å². The van der Waals surface area contributed by atoms with Gasteiger partial charge in [0.25, 0.3) is 0 Å². The predicted octanol–water partition coefficient (Wildman–Crippen LogP) is 3.84. The number of hydrogen-bond donors (Lipinski definition) is 2. The van der Waals surface area contributed by atoms with Gasteiger partial charge >= 0.3 is 0 Å². The lowest BCUT2D eigenvalue weighted by molar-refractivity contribution is 0.584. The Morgan fingerprint density at radius 2 is 1.70 bits per heavy atom. The highest BCUT2D eigenvalue weighted by Gasteiger charge is 2.06. The second kappa shape index (κ2) is 4.77. The zero-order valence-electron chi connectivity index (χ0n) is 10.4. The van der Waals surface area contributed by atoms with E-state index < -0.39 is 11.6 Å². The van der Waals surface area contributed by atoms with Crippen molar-refractivity contribution in [1.29, 1.82) is 0 Å². The molecule has 3 N–H and O–H groups in total. The molecule has 0 atom stereocenters. The third-order valence-corrected chi connectivity index (χ3v) is 2.99. The number of nitrogens with zero attached hydrogens (tertiary/aromatic N) is 1. The van der Waals surface area contributed by atoms with Crippen molar-refractivity contribution < 1.29 is 8.78 Å². The Morgan fingerprint density at radius 1 is 0.950 bits per heavy atom. The molecule has 3 aromatic rings. The van der Waals surface area contributed by atoms with Gasteiger partial charge in [-0.1, -0.05) is 0 Å². The van der Waals surface area contributed by atoms with E-state index in [0.717, 1.165) is 16.8 Å². The molecule has 1 aromatic heterocycles. The highest BCUT2D eigenvalue weighted by Crippen LogP contribution is 2.30. The van der Waals surface area contributed by atoms with E-state index in [-0.39, 0.29) is 0 Å². The van der Waals surface area contributed by atoms with E-state index in [4.69, 9.17) is 5.73 Å². The largest absolute Gasteiger partial charge is 0.398 e. The highest BCUT2D eigenvalue weighted by molar-refractivity contribution is 6.01. The summed E-state index contributed by atoms with van der Waals surface area (Å²) in [6.45, 7) is 0. The Bertz CT molecular complexity index is 767. The molecule has 0 aliphatic rings. The second-order valence-corrected chi connectivity index (χ2v) is 4.41. The monoisotopic (exact) mass is 271 g/mol. The maximum Gasteiger partial charge on any atom is 0.128 e. The highest BCUT2D eigenvalue weighted by atomic mass is 19.1. The van der Waals surface area contributed by atoms with Crippen LogP contribution < -0.4 is 11.1 Å². The molecule has 0 radical (unpaired) electrons. The molecule has 3 rings (SSSR count). The van der Waals surface area contributed by atoms with Crippen molar-refractivity contribution in [3.63, 3.8) is 0 Å². The van der Waals surface area contributed by atoms with Crippen LogP contribution in [0, 0.1) is 11.6 Å². The summed E-state index contributed by atoms with van der Waals surface area (Å²) in [4.78, 5) is 4.05. The van der Waals surface area contributed by atoms with E-state index >= 15 is 0 Å². The molecule has 20 heavy (non-hydrogen) atoms. The molecule has 1 heterocycles. The number of benzene rings is 2. The number of pyridine rings is 1. The minimum Gasteiger partial charge on any atom is -0.398 e. The molecule has 0 aliphatic carbocycles. The third-order valence-electron chi connectivity index (χ3n) is 2.99. The van der Waals surface area contributed by atoms with E-state index in [2.05, 4.69) is 10.3 Å². The summed E-state index contributed by atoms with van der Waals surface area (Å²) in [7, 11) is 0. The Morgan fingerprint density at radius 3 is 2.45 bits per heavy atom. The molecule has 2 aromatic carbocycles. The van der Waals surface area contributed by atoms with Crippen molar-refractivity contribution in [2.45, 2.75) is 0 Å². The number of halogens is 2. The predicted molar refractivity (Wildman–Crippen MR) is 75.8 cm³/mol. The average Bonchev–Trinajstić information content (AvgIpc) is 2.41. The van der Waals surface area contributed by atoms with Gasteiger partial charge in [0.05, 0.1) is 0 Å². The van der Waals surface area contributed by atoms with Crippen molar-refractivity contribution >= 4 is 27.8 Å². The lowest BCUT2D eigenvalue weighted by atomic mass is 10.1. The van der Waals surface area contributed by atoms with Gasteiger partial charge in [-0.25, -0.2) is 8.78 Å². The summed E-state index contributed by atoms with van der Waals surface area (Å²) < 4.78 is 26.4. The Labute approximate surface area is 114 Å². The number of nitrogen functional groups attached to an aromatic ring is 1. The number of aromatic nitrogens is 1. The van der Waals surface area contributed by atoms with Crippen molar-refractivity contribution in [1.82, 2.24) is 4.98 Å². The fraction of sp³-hybridized carbons (Fsp3) is 0. The lowest BCUT2D eigenvalue weighted by Crippen LogP contribution is -1.96. The molecule has 0 saturated carbocycles. The van der Waals surface area contributed by atoms with Gasteiger partial charge in [-0.3, -0.25) is 4.98 Å². The minimum atomic E-state index is -0.634. The summed E-state index contributed by atoms with van der Waals surface area (Å²) in [5.41, 5.74) is 7.53. The van der Waals surface area contributed by atoms with Crippen LogP contribution in [0.3, 0.4) is 0 Å². The van der Waals surface area contributed by atoms with Crippen LogP contribution in [-0.4, -0.2) is 4.98 Å². The third kappa shape index (κ3) is 2.25. The summed E-state index contributed by atoms with van der Waals surface area (Å²) in [5.74, 6) is -1.27. The standard InChI is InChI=1S/C15H11F2N3/c16-9-5-10(17)7-11(6-9)20-15-2-1-14(18)12-3-4-19-8-13(12)15/h1-8,20H,18H2. The smallest absolute Gasteiger partial charge is 0.128 e. The second-order valence-electron chi connectivity index (χ2n) is 4.41. The van der Waals surface area contributed by atoms with Gasteiger partial charge in [0.1, 0.15) is 11.6 Å². The van der Waals surface area contributed by atoms with Gasteiger partial charge in [-0.2, -0.15) is 0 Å². The lowest BCUT2D eigenvalue weighted by Gasteiger charge is -2.11. The minimum absolute atomic E-state index is 0.331. The Balaban J connectivity index is 2.09. The van der Waals surface area contributed by atoms with Crippen LogP contribution in [0.5, 0.6) is 0 Å². The first-order valence-corrected chi connectivity index (χ1v) is 5.99. The summed E-state index contributed by atoms with van der Waals surface area (Å²) in [6.07, 6.45) is 3.30. The molecule has 0 spiro atoms. The molecule has 0 bridgehead atoms. The molecular weight excluding hydrogens is 260 g/mol. The summed E-state index contributed by atoms with van der Waals surface area (Å²) >= 11 is 0. The summed E-state index contributed by atoms with van der Waals surface area (Å²) in [5, 5.41) is 4.60. The van der Waals surface area contributed by atoms with Gasteiger partial charge in [0, 0.05) is 46.3 Å². The molecule has 0 saturated heterocycles. The fourth-order valence-corrected chi connectivity index (χ4v) is 2.10. The molecule has 100 valence electrons. The van der Waals surface area contributed by atoms with E-state index in [1.54, 1.807) is 30.6 Å². The number of fused-ring (bicyclic) bond motifs is 1. The van der Waals surface area contributed by atoms with E-state index in [0.29, 0.717) is 17.1 Å². The number of hydrogen-bond acceptors (Lipinski definition) is 3. The van der Waals surface area contributed by atoms with E-state index in [1.807, 2.05) is 0 Å². The first kappa shape index (κ1) is 12.3. The van der Waals surface area contributed by atoms with Crippen molar-refractivity contribution in [2.75, 3.05) is 11.1 Å². The van der Waals surface area contributed by atoms with Crippen LogP contribution in [0.1, 0.15) is 0 Å². The van der Waals surface area contributed by atoms with E-state index in [1.165, 1.54) is 12.1 Å². The van der Waals surface area contributed by atoms with Crippen LogP contribution >= 0.6 is 0 Å². The van der Waals surface area contributed by atoms with Crippen LogP contribution in [0.4, 0.5) is 25.8 Å².